The fraction of sp³-hybridized carbons (Fsp3) is 0.594. The smallest absolute Gasteiger partial charge is 0.313 e. The number of carbonyl (C=O) groups excluding carboxylic acids is 3. The number of esters is 1. The molecule has 0 saturated carbocycles. The Hall–Kier alpha value is -2.97. The summed E-state index contributed by atoms with van der Waals surface area (Å²) in [7, 11) is 0. The molecule has 1 aromatic carbocycles. The van der Waals surface area contributed by atoms with Gasteiger partial charge in [-0.25, -0.2) is 0 Å². The van der Waals surface area contributed by atoms with Crippen molar-refractivity contribution >= 4 is 17.8 Å². The highest BCUT2D eigenvalue weighted by Crippen LogP contribution is 2.58. The van der Waals surface area contributed by atoms with Crippen LogP contribution in [0.15, 0.2) is 54.6 Å². The summed E-state index contributed by atoms with van der Waals surface area (Å²) in [6.45, 7) is 6.73. The van der Waals surface area contributed by atoms with E-state index < -0.39 is 41.1 Å². The Morgan fingerprint density at radius 1 is 1.02 bits per heavy atom. The van der Waals surface area contributed by atoms with Gasteiger partial charge in [-0.1, -0.05) is 75.4 Å². The maximum Gasteiger partial charge on any atom is 0.313 e. The number of hydrogen-bond donors (Lipinski definition) is 1. The van der Waals surface area contributed by atoms with E-state index in [9.17, 15) is 19.5 Å². The van der Waals surface area contributed by atoms with E-state index in [2.05, 4.69) is 0 Å². The Bertz CT molecular complexity index is 1170. The Kier molecular flexibility index (Phi) is 8.20. The van der Waals surface area contributed by atoms with Crippen molar-refractivity contribution in [2.24, 2.45) is 17.8 Å². The first kappa shape index (κ1) is 28.6. The number of allylic oxidation sites excluding steroid dienone is 1. The molecule has 4 heterocycles. The molecule has 4 aliphatic heterocycles. The molecule has 4 aliphatic rings. The molecule has 8 heteroatoms. The molecule has 1 N–H and O–H groups in total. The number of fused-ring (bicyclic) bond motifs is 2. The summed E-state index contributed by atoms with van der Waals surface area (Å²) in [5, 5.41) is 10.5. The highest BCUT2D eigenvalue weighted by atomic mass is 16.6. The number of amides is 2. The van der Waals surface area contributed by atoms with Crippen LogP contribution in [0.4, 0.5) is 0 Å². The van der Waals surface area contributed by atoms with Crippen LogP contribution in [-0.4, -0.2) is 75.7 Å². The molecule has 216 valence electrons. The standard InChI is InChI=1S/C32H42N2O6/c1-4-31-15-10-5-6-11-18-39-30(38)26(31)25-28(36)34(24(21-35)19-22(2)3)27-29(37)33(17-12-16-32(25,27)40-31)20-23-13-8-7-9-14-23/h7-10,12-16,22,24-27,35H,4-6,11,17-21H2,1-3H3/b15-10-/t24-,25+,26-,27?,31+,32+/m1/s1. The molecule has 0 aliphatic carbocycles. The first-order chi connectivity index (χ1) is 19.3. The van der Waals surface area contributed by atoms with Crippen LogP contribution in [0.2, 0.25) is 0 Å². The Morgan fingerprint density at radius 2 is 1.80 bits per heavy atom. The van der Waals surface area contributed by atoms with Crippen LogP contribution in [-0.2, 0) is 30.4 Å². The fourth-order valence-corrected chi connectivity index (χ4v) is 7.18. The molecule has 0 radical (unpaired) electrons. The average molecular weight is 551 g/mol. The molecule has 2 saturated heterocycles. The maximum atomic E-state index is 14.6. The third-order valence-electron chi connectivity index (χ3n) is 8.97. The lowest BCUT2D eigenvalue weighted by Gasteiger charge is -2.41. The van der Waals surface area contributed by atoms with Gasteiger partial charge in [-0.15, -0.1) is 0 Å². The SMILES string of the molecule is CC[C@]12/C=C\CCCCOC(=O)[C@H]1[C@H]1C(=O)N([C@@H](CO)CC(C)C)C3C(=O)N(Cc4ccccc4)CC=C[C@@]31O2. The molecule has 5 rings (SSSR count). The Balaban J connectivity index is 1.65. The van der Waals surface area contributed by atoms with Crippen LogP contribution in [0.5, 0.6) is 0 Å². The second kappa shape index (κ2) is 11.5. The molecule has 2 amide bonds. The summed E-state index contributed by atoms with van der Waals surface area (Å²) >= 11 is 0. The van der Waals surface area contributed by atoms with E-state index in [1.54, 1.807) is 9.80 Å². The van der Waals surface area contributed by atoms with Crippen molar-refractivity contribution in [1.29, 1.82) is 0 Å². The zero-order valence-electron chi connectivity index (χ0n) is 23.8. The highest BCUT2D eigenvalue weighted by molar-refractivity contribution is 5.99. The lowest BCUT2D eigenvalue weighted by Crippen LogP contribution is -2.59. The summed E-state index contributed by atoms with van der Waals surface area (Å²) in [6.07, 6.45) is 11.2. The van der Waals surface area contributed by atoms with Crippen LogP contribution in [0, 0.1) is 17.8 Å². The second-order valence-electron chi connectivity index (χ2n) is 12.0. The lowest BCUT2D eigenvalue weighted by atomic mass is 9.73. The van der Waals surface area contributed by atoms with Crippen LogP contribution < -0.4 is 0 Å². The van der Waals surface area contributed by atoms with Crippen LogP contribution >= 0.6 is 0 Å². The molecule has 1 aromatic rings. The van der Waals surface area contributed by atoms with Crippen LogP contribution in [0.3, 0.4) is 0 Å². The monoisotopic (exact) mass is 550 g/mol. The van der Waals surface area contributed by atoms with E-state index >= 15 is 0 Å². The van der Waals surface area contributed by atoms with E-state index in [0.717, 1.165) is 24.8 Å². The van der Waals surface area contributed by atoms with E-state index in [1.165, 1.54) is 0 Å². The Labute approximate surface area is 237 Å². The number of ether oxygens (including phenoxy) is 2. The number of aliphatic hydroxyl groups is 1. The van der Waals surface area contributed by atoms with Crippen molar-refractivity contribution in [2.75, 3.05) is 19.8 Å². The summed E-state index contributed by atoms with van der Waals surface area (Å²) in [5.41, 5.74) is -1.46. The summed E-state index contributed by atoms with van der Waals surface area (Å²) in [5.74, 6) is -2.68. The number of benzene rings is 1. The first-order valence-corrected chi connectivity index (χ1v) is 14.8. The molecular formula is C32H42N2O6. The minimum Gasteiger partial charge on any atom is -0.465 e. The van der Waals surface area contributed by atoms with Gasteiger partial charge in [-0.2, -0.15) is 0 Å². The number of cyclic esters (lactones) is 1. The lowest BCUT2D eigenvalue weighted by molar-refractivity contribution is -0.163. The van der Waals surface area contributed by atoms with Gasteiger partial charge in [0.25, 0.3) is 0 Å². The number of aliphatic hydroxyl groups excluding tert-OH is 1. The molecule has 8 nitrogen and oxygen atoms in total. The minimum absolute atomic E-state index is 0.176. The number of likely N-dealkylation sites (tertiary alicyclic amines) is 1. The van der Waals surface area contributed by atoms with Gasteiger partial charge in [0.05, 0.1) is 25.2 Å². The van der Waals surface area contributed by atoms with E-state index in [4.69, 9.17) is 9.47 Å². The van der Waals surface area contributed by atoms with Crippen molar-refractivity contribution < 1.29 is 29.0 Å². The predicted molar refractivity (Wildman–Crippen MR) is 150 cm³/mol. The third-order valence-corrected chi connectivity index (χ3v) is 8.97. The van der Waals surface area contributed by atoms with Crippen LogP contribution in [0.1, 0.15) is 58.4 Å². The summed E-state index contributed by atoms with van der Waals surface area (Å²) in [4.78, 5) is 46.2. The maximum absolute atomic E-state index is 14.6. The van der Waals surface area contributed by atoms with Crippen molar-refractivity contribution in [3.8, 4) is 0 Å². The highest BCUT2D eigenvalue weighted by Gasteiger charge is 2.75. The fourth-order valence-electron chi connectivity index (χ4n) is 7.18. The van der Waals surface area contributed by atoms with E-state index in [1.807, 2.05) is 75.4 Å². The molecule has 2 fully saturated rings. The van der Waals surface area contributed by atoms with Gasteiger partial charge in [0.15, 0.2) is 0 Å². The second-order valence-corrected chi connectivity index (χ2v) is 12.0. The minimum atomic E-state index is -1.36. The van der Waals surface area contributed by atoms with Crippen LogP contribution in [0.25, 0.3) is 0 Å². The topological polar surface area (TPSA) is 96.4 Å². The number of carbonyl (C=O) groups is 3. The van der Waals surface area contributed by atoms with Gasteiger partial charge in [0.1, 0.15) is 23.2 Å². The largest absolute Gasteiger partial charge is 0.465 e. The molecule has 0 bridgehead atoms. The van der Waals surface area contributed by atoms with Gasteiger partial charge in [-0.05, 0) is 43.6 Å². The number of nitrogens with zero attached hydrogens (tertiary/aromatic N) is 2. The normalized spacial score (nSPS) is 33.7. The predicted octanol–water partition coefficient (Wildman–Crippen LogP) is 3.64. The number of rotatable bonds is 7. The third kappa shape index (κ3) is 4.79. The van der Waals surface area contributed by atoms with E-state index in [0.29, 0.717) is 25.9 Å². The van der Waals surface area contributed by atoms with E-state index in [-0.39, 0.29) is 30.9 Å². The zero-order valence-corrected chi connectivity index (χ0v) is 23.8. The first-order valence-electron chi connectivity index (χ1n) is 14.8. The molecule has 6 atom stereocenters. The van der Waals surface area contributed by atoms with Crippen molar-refractivity contribution in [3.63, 3.8) is 0 Å². The van der Waals surface area contributed by atoms with Gasteiger partial charge in [0, 0.05) is 13.1 Å². The average Bonchev–Trinajstić information content (AvgIpc) is 3.31. The summed E-state index contributed by atoms with van der Waals surface area (Å²) in [6, 6.07) is 8.16. The number of hydrogen-bond acceptors (Lipinski definition) is 6. The van der Waals surface area contributed by atoms with Crippen molar-refractivity contribution in [3.05, 3.63) is 60.2 Å². The molecule has 0 aromatic heterocycles. The van der Waals surface area contributed by atoms with Crippen molar-refractivity contribution in [1.82, 2.24) is 9.80 Å². The molecular weight excluding hydrogens is 508 g/mol. The molecule has 40 heavy (non-hydrogen) atoms. The van der Waals surface area contributed by atoms with Gasteiger partial charge in [-0.3, -0.25) is 14.4 Å². The van der Waals surface area contributed by atoms with Gasteiger partial charge >= 0.3 is 5.97 Å². The zero-order chi connectivity index (χ0) is 28.5. The van der Waals surface area contributed by atoms with Crippen molar-refractivity contribution in [2.45, 2.75) is 82.7 Å². The molecule has 1 spiro atoms. The van der Waals surface area contributed by atoms with Gasteiger partial charge < -0.3 is 24.4 Å². The Morgan fingerprint density at radius 3 is 2.50 bits per heavy atom. The molecule has 1 unspecified atom stereocenters. The summed E-state index contributed by atoms with van der Waals surface area (Å²) < 4.78 is 12.7. The van der Waals surface area contributed by atoms with Gasteiger partial charge in [0.2, 0.25) is 11.8 Å². The quantitative estimate of drug-likeness (QED) is 0.412.